The Bertz CT molecular complexity index is 948. The van der Waals surface area contributed by atoms with Crippen molar-refractivity contribution in [3.63, 3.8) is 0 Å². The van der Waals surface area contributed by atoms with E-state index < -0.39 is 12.2 Å². The number of halogens is 2. The van der Waals surface area contributed by atoms with Crippen LogP contribution in [-0.2, 0) is 0 Å². The van der Waals surface area contributed by atoms with Gasteiger partial charge in [-0.05, 0) is 42.5 Å². The van der Waals surface area contributed by atoms with Crippen molar-refractivity contribution in [1.82, 2.24) is 0 Å². The summed E-state index contributed by atoms with van der Waals surface area (Å²) in [7, 11) is 0. The summed E-state index contributed by atoms with van der Waals surface area (Å²) in [5.41, 5.74) is 0.173. The first-order valence-corrected chi connectivity index (χ1v) is 7.26. The van der Waals surface area contributed by atoms with Crippen molar-refractivity contribution in [3.05, 3.63) is 70.6 Å². The lowest BCUT2D eigenvalue weighted by atomic mass is 10.1. The summed E-state index contributed by atoms with van der Waals surface area (Å²) < 4.78 is 38.8. The second-order valence-electron chi connectivity index (χ2n) is 5.07. The fourth-order valence-corrected chi connectivity index (χ4v) is 2.19. The van der Waals surface area contributed by atoms with E-state index >= 15 is 0 Å². The van der Waals surface area contributed by atoms with E-state index in [9.17, 15) is 18.4 Å². The average molecular weight is 346 g/mol. The van der Waals surface area contributed by atoms with Crippen molar-refractivity contribution in [2.75, 3.05) is 6.61 Å². The van der Waals surface area contributed by atoms with Crippen molar-refractivity contribution in [2.45, 2.75) is 6.61 Å². The zero-order valence-electron chi connectivity index (χ0n) is 12.8. The standard InChI is InChI=1S/C18H12F2O5/c19-18(20)24-13-5-1-11(2-6-13)15(21)10-23-14-7-3-12-4-8-17(22)25-16(12)9-14/h1-9,18H,10H2. The van der Waals surface area contributed by atoms with E-state index in [-0.39, 0.29) is 18.1 Å². The van der Waals surface area contributed by atoms with Crippen LogP contribution in [0.4, 0.5) is 8.78 Å². The van der Waals surface area contributed by atoms with Gasteiger partial charge < -0.3 is 13.9 Å². The summed E-state index contributed by atoms with van der Waals surface area (Å²) in [6, 6.07) is 13.1. The number of ketones is 1. The van der Waals surface area contributed by atoms with Crippen molar-refractivity contribution < 1.29 is 27.5 Å². The van der Waals surface area contributed by atoms with Crippen LogP contribution >= 0.6 is 0 Å². The minimum Gasteiger partial charge on any atom is -0.485 e. The van der Waals surface area contributed by atoms with E-state index in [1.165, 1.54) is 36.4 Å². The highest BCUT2D eigenvalue weighted by Crippen LogP contribution is 2.20. The first-order chi connectivity index (χ1) is 12.0. The molecular weight excluding hydrogens is 334 g/mol. The topological polar surface area (TPSA) is 65.7 Å². The van der Waals surface area contributed by atoms with Crippen molar-refractivity contribution in [3.8, 4) is 11.5 Å². The number of ether oxygens (including phenoxy) is 2. The summed E-state index contributed by atoms with van der Waals surface area (Å²) in [6.45, 7) is -3.17. The molecule has 7 heteroatoms. The van der Waals surface area contributed by atoms with Crippen LogP contribution in [0, 0.1) is 0 Å². The molecular formula is C18H12F2O5. The monoisotopic (exact) mass is 346 g/mol. The van der Waals surface area contributed by atoms with Crippen molar-refractivity contribution in [2.24, 2.45) is 0 Å². The molecule has 0 aliphatic carbocycles. The molecule has 0 aliphatic rings. The molecule has 0 bridgehead atoms. The summed E-state index contributed by atoms with van der Waals surface area (Å²) >= 11 is 0. The number of carbonyl (C=O) groups excluding carboxylic acids is 1. The van der Waals surface area contributed by atoms with Gasteiger partial charge in [-0.3, -0.25) is 4.79 Å². The maximum atomic E-state index is 12.1. The third-order valence-electron chi connectivity index (χ3n) is 3.37. The zero-order valence-corrected chi connectivity index (χ0v) is 12.8. The average Bonchev–Trinajstić information content (AvgIpc) is 2.59. The molecule has 0 aliphatic heterocycles. The zero-order chi connectivity index (χ0) is 17.8. The minimum atomic E-state index is -2.92. The molecule has 0 saturated carbocycles. The molecule has 3 rings (SSSR count). The first-order valence-electron chi connectivity index (χ1n) is 7.26. The van der Waals surface area contributed by atoms with Crippen LogP contribution in [0.25, 0.3) is 11.0 Å². The predicted molar refractivity (Wildman–Crippen MR) is 85.4 cm³/mol. The van der Waals surface area contributed by atoms with Gasteiger partial charge in [0.2, 0.25) is 0 Å². The Morgan fingerprint density at radius 3 is 2.40 bits per heavy atom. The van der Waals surface area contributed by atoms with Crippen LogP contribution in [0.1, 0.15) is 10.4 Å². The highest BCUT2D eigenvalue weighted by atomic mass is 19.3. The number of carbonyl (C=O) groups is 1. The lowest BCUT2D eigenvalue weighted by molar-refractivity contribution is -0.0498. The third kappa shape index (κ3) is 4.20. The van der Waals surface area contributed by atoms with Crippen LogP contribution in [0.2, 0.25) is 0 Å². The highest BCUT2D eigenvalue weighted by Gasteiger charge is 2.09. The van der Waals surface area contributed by atoms with Gasteiger partial charge in [0.15, 0.2) is 12.4 Å². The maximum Gasteiger partial charge on any atom is 0.387 e. The molecule has 1 aromatic heterocycles. The molecule has 0 spiro atoms. The summed E-state index contributed by atoms with van der Waals surface area (Å²) in [5, 5.41) is 0.730. The van der Waals surface area contributed by atoms with E-state index in [0.717, 1.165) is 5.39 Å². The van der Waals surface area contributed by atoms with E-state index in [1.807, 2.05) is 0 Å². The summed E-state index contributed by atoms with van der Waals surface area (Å²) in [4.78, 5) is 23.3. The van der Waals surface area contributed by atoms with Crippen molar-refractivity contribution in [1.29, 1.82) is 0 Å². The molecule has 0 atom stereocenters. The molecule has 25 heavy (non-hydrogen) atoms. The second kappa shape index (κ2) is 7.12. The van der Waals surface area contributed by atoms with Crippen molar-refractivity contribution >= 4 is 16.8 Å². The molecule has 0 unspecified atom stereocenters. The fourth-order valence-electron chi connectivity index (χ4n) is 2.19. The van der Waals surface area contributed by atoms with Crippen LogP contribution < -0.4 is 15.1 Å². The smallest absolute Gasteiger partial charge is 0.387 e. The molecule has 0 amide bonds. The lowest BCUT2D eigenvalue weighted by Gasteiger charge is -2.07. The second-order valence-corrected chi connectivity index (χ2v) is 5.07. The molecule has 0 radical (unpaired) electrons. The van der Waals surface area contributed by atoms with Gasteiger partial charge in [0.05, 0.1) is 0 Å². The Labute approximate surface area is 140 Å². The Kier molecular flexibility index (Phi) is 4.74. The van der Waals surface area contributed by atoms with Gasteiger partial charge in [-0.1, -0.05) is 0 Å². The van der Waals surface area contributed by atoms with Gasteiger partial charge in [0.1, 0.15) is 17.1 Å². The van der Waals surface area contributed by atoms with Gasteiger partial charge in [-0.25, -0.2) is 4.79 Å². The van der Waals surface area contributed by atoms with Crippen LogP contribution in [0.5, 0.6) is 11.5 Å². The largest absolute Gasteiger partial charge is 0.485 e. The first kappa shape index (κ1) is 16.6. The van der Waals surface area contributed by atoms with E-state index in [1.54, 1.807) is 18.2 Å². The maximum absolute atomic E-state index is 12.1. The number of hydrogen-bond acceptors (Lipinski definition) is 5. The number of benzene rings is 2. The van der Waals surface area contributed by atoms with Crippen LogP contribution in [0.3, 0.4) is 0 Å². The third-order valence-corrected chi connectivity index (χ3v) is 3.37. The van der Waals surface area contributed by atoms with Gasteiger partial charge in [0.25, 0.3) is 0 Å². The quantitative estimate of drug-likeness (QED) is 0.503. The molecule has 0 N–H and O–H groups in total. The Balaban J connectivity index is 1.66. The van der Waals surface area contributed by atoms with Gasteiger partial charge in [-0.2, -0.15) is 8.78 Å². The minimum absolute atomic E-state index is 0.0305. The highest BCUT2D eigenvalue weighted by molar-refractivity contribution is 5.97. The number of hydrogen-bond donors (Lipinski definition) is 0. The number of rotatable bonds is 6. The van der Waals surface area contributed by atoms with Crippen LogP contribution in [-0.4, -0.2) is 19.0 Å². The number of Topliss-reactive ketones (excluding diaryl/α,β-unsaturated/α-hetero) is 1. The summed E-state index contributed by atoms with van der Waals surface area (Å²) in [5.74, 6) is 0.00286. The number of alkyl halides is 2. The molecule has 5 nitrogen and oxygen atoms in total. The normalized spacial score (nSPS) is 10.8. The number of fused-ring (bicyclic) bond motifs is 1. The van der Waals surface area contributed by atoms with E-state index in [2.05, 4.69) is 4.74 Å². The Hall–Kier alpha value is -3.22. The SMILES string of the molecule is O=C(COc1ccc2ccc(=O)oc2c1)c1ccc(OC(F)F)cc1. The Morgan fingerprint density at radius 1 is 1.00 bits per heavy atom. The molecule has 2 aromatic carbocycles. The molecule has 0 fully saturated rings. The molecule has 0 saturated heterocycles. The molecule has 3 aromatic rings. The molecule has 1 heterocycles. The Morgan fingerprint density at radius 2 is 1.68 bits per heavy atom. The lowest BCUT2D eigenvalue weighted by Crippen LogP contribution is -2.11. The van der Waals surface area contributed by atoms with Gasteiger partial charge >= 0.3 is 12.2 Å². The van der Waals surface area contributed by atoms with Crippen LogP contribution in [0.15, 0.2) is 63.8 Å². The molecule has 128 valence electrons. The summed E-state index contributed by atoms with van der Waals surface area (Å²) in [6.07, 6.45) is 0. The van der Waals surface area contributed by atoms with E-state index in [4.69, 9.17) is 9.15 Å². The fraction of sp³-hybridized carbons (Fsp3) is 0.111. The van der Waals surface area contributed by atoms with Gasteiger partial charge in [0, 0.05) is 23.1 Å². The predicted octanol–water partition coefficient (Wildman–Crippen LogP) is 3.66. The van der Waals surface area contributed by atoms with E-state index in [0.29, 0.717) is 16.9 Å². The van der Waals surface area contributed by atoms with Gasteiger partial charge in [-0.15, -0.1) is 0 Å².